The number of anilines is 2. The zero-order valence-electron chi connectivity index (χ0n) is 12.6. The van der Waals surface area contributed by atoms with Crippen LogP contribution in [0.2, 0.25) is 0 Å². The Morgan fingerprint density at radius 3 is 2.23 bits per heavy atom. The van der Waals surface area contributed by atoms with Gasteiger partial charge >= 0.3 is 0 Å². The van der Waals surface area contributed by atoms with Crippen LogP contribution in [0, 0.1) is 13.8 Å². The molecule has 7 heteroatoms. The van der Waals surface area contributed by atoms with Crippen LogP contribution in [0.3, 0.4) is 0 Å². The van der Waals surface area contributed by atoms with Crippen LogP contribution >= 0.6 is 11.8 Å². The van der Waals surface area contributed by atoms with E-state index in [1.54, 1.807) is 24.3 Å². The van der Waals surface area contributed by atoms with Crippen molar-refractivity contribution in [1.29, 1.82) is 0 Å². The van der Waals surface area contributed by atoms with Gasteiger partial charge in [0.2, 0.25) is 11.8 Å². The average molecular weight is 319 g/mol. The van der Waals surface area contributed by atoms with Crippen molar-refractivity contribution in [2.24, 2.45) is 0 Å². The number of aryl methyl sites for hydroxylation is 2. The first-order valence-corrected chi connectivity index (χ1v) is 7.67. The van der Waals surface area contributed by atoms with Crippen molar-refractivity contribution in [1.82, 2.24) is 4.98 Å². The number of aromatic nitrogens is 1. The second-order valence-electron chi connectivity index (χ2n) is 4.72. The molecule has 2 rings (SSSR count). The van der Waals surface area contributed by atoms with Gasteiger partial charge in [0.05, 0.1) is 11.4 Å². The number of oxazole rings is 1. The molecular formula is C15H17N3O3S. The Morgan fingerprint density at radius 1 is 1.14 bits per heavy atom. The highest BCUT2D eigenvalue weighted by Crippen LogP contribution is 2.20. The van der Waals surface area contributed by atoms with Crippen molar-refractivity contribution in [2.75, 3.05) is 16.4 Å². The number of carbonyl (C=O) groups is 2. The average Bonchev–Trinajstić information content (AvgIpc) is 2.77. The number of benzene rings is 1. The molecule has 116 valence electrons. The summed E-state index contributed by atoms with van der Waals surface area (Å²) in [5.74, 6) is 0.694. The Bertz CT molecular complexity index is 660. The Labute approximate surface area is 132 Å². The summed E-state index contributed by atoms with van der Waals surface area (Å²) in [6.07, 6.45) is 0. The van der Waals surface area contributed by atoms with Gasteiger partial charge in [0, 0.05) is 18.3 Å². The van der Waals surface area contributed by atoms with Crippen LogP contribution in [-0.2, 0) is 9.59 Å². The first-order chi connectivity index (χ1) is 10.4. The van der Waals surface area contributed by atoms with Crippen molar-refractivity contribution in [3.8, 4) is 0 Å². The van der Waals surface area contributed by atoms with E-state index < -0.39 is 0 Å². The molecular weight excluding hydrogens is 302 g/mol. The van der Waals surface area contributed by atoms with Gasteiger partial charge in [0.15, 0.2) is 0 Å². The molecule has 0 radical (unpaired) electrons. The fourth-order valence-electron chi connectivity index (χ4n) is 1.67. The summed E-state index contributed by atoms with van der Waals surface area (Å²) < 4.78 is 5.40. The predicted octanol–water partition coefficient (Wildman–Crippen LogP) is 2.98. The lowest BCUT2D eigenvalue weighted by Crippen LogP contribution is -2.14. The summed E-state index contributed by atoms with van der Waals surface area (Å²) in [6, 6.07) is 6.91. The van der Waals surface area contributed by atoms with Gasteiger partial charge in [-0.15, -0.1) is 0 Å². The minimum atomic E-state index is -0.147. The summed E-state index contributed by atoms with van der Waals surface area (Å²) >= 11 is 1.25. The Morgan fingerprint density at radius 2 is 1.73 bits per heavy atom. The van der Waals surface area contributed by atoms with Gasteiger partial charge in [-0.05, 0) is 38.1 Å². The van der Waals surface area contributed by atoms with Crippen molar-refractivity contribution in [3.63, 3.8) is 0 Å². The Kier molecular flexibility index (Phi) is 5.21. The molecule has 22 heavy (non-hydrogen) atoms. The minimum absolute atomic E-state index is 0.135. The first kappa shape index (κ1) is 16.1. The van der Waals surface area contributed by atoms with Crippen LogP contribution in [0.4, 0.5) is 11.4 Å². The van der Waals surface area contributed by atoms with Crippen molar-refractivity contribution < 1.29 is 14.0 Å². The molecule has 0 saturated carbocycles. The van der Waals surface area contributed by atoms with E-state index in [2.05, 4.69) is 15.6 Å². The molecule has 6 nitrogen and oxygen atoms in total. The standard InChI is InChI=1S/C15H17N3O3S/c1-9-10(2)21-15(16-9)22-8-14(20)18-13-6-4-12(5-7-13)17-11(3)19/h4-7H,8H2,1-3H3,(H,17,19)(H,18,20). The van der Waals surface area contributed by atoms with Gasteiger partial charge in [-0.3, -0.25) is 9.59 Å². The fourth-order valence-corrected chi connectivity index (χ4v) is 2.38. The van der Waals surface area contributed by atoms with E-state index in [1.807, 2.05) is 13.8 Å². The number of rotatable bonds is 5. The second-order valence-corrected chi connectivity index (χ2v) is 5.64. The first-order valence-electron chi connectivity index (χ1n) is 6.68. The van der Waals surface area contributed by atoms with Crippen LogP contribution < -0.4 is 10.6 Å². The maximum Gasteiger partial charge on any atom is 0.256 e. The molecule has 0 saturated heterocycles. The van der Waals surface area contributed by atoms with E-state index >= 15 is 0 Å². The molecule has 0 spiro atoms. The van der Waals surface area contributed by atoms with Crippen LogP contribution in [-0.4, -0.2) is 22.6 Å². The monoisotopic (exact) mass is 319 g/mol. The zero-order chi connectivity index (χ0) is 16.1. The van der Waals surface area contributed by atoms with Crippen molar-refractivity contribution in [2.45, 2.75) is 26.0 Å². The lowest BCUT2D eigenvalue weighted by atomic mass is 10.3. The molecule has 2 amide bonds. The van der Waals surface area contributed by atoms with Crippen LogP contribution in [0.25, 0.3) is 0 Å². The molecule has 0 atom stereocenters. The van der Waals surface area contributed by atoms with E-state index in [1.165, 1.54) is 18.7 Å². The lowest BCUT2D eigenvalue weighted by molar-refractivity contribution is -0.114. The third-order valence-corrected chi connectivity index (χ3v) is 3.65. The molecule has 0 bridgehead atoms. The van der Waals surface area contributed by atoms with E-state index in [9.17, 15) is 9.59 Å². The van der Waals surface area contributed by atoms with Crippen molar-refractivity contribution in [3.05, 3.63) is 35.7 Å². The zero-order valence-corrected chi connectivity index (χ0v) is 13.4. The third kappa shape index (κ3) is 4.63. The van der Waals surface area contributed by atoms with Gasteiger partial charge in [-0.1, -0.05) is 11.8 Å². The van der Waals surface area contributed by atoms with Gasteiger partial charge < -0.3 is 15.1 Å². The van der Waals surface area contributed by atoms with E-state index in [4.69, 9.17) is 4.42 Å². The molecule has 0 aliphatic rings. The van der Waals surface area contributed by atoms with Gasteiger partial charge in [-0.2, -0.15) is 0 Å². The molecule has 0 aliphatic carbocycles. The molecule has 0 unspecified atom stereocenters. The molecule has 2 aromatic rings. The van der Waals surface area contributed by atoms with Gasteiger partial charge in [0.1, 0.15) is 5.76 Å². The second kappa shape index (κ2) is 7.13. The molecule has 1 heterocycles. The summed E-state index contributed by atoms with van der Waals surface area (Å²) in [7, 11) is 0. The number of hydrogen-bond acceptors (Lipinski definition) is 5. The smallest absolute Gasteiger partial charge is 0.256 e. The largest absolute Gasteiger partial charge is 0.437 e. The number of thioether (sulfide) groups is 1. The lowest BCUT2D eigenvalue weighted by Gasteiger charge is -2.06. The van der Waals surface area contributed by atoms with E-state index in [0.29, 0.717) is 16.6 Å². The van der Waals surface area contributed by atoms with E-state index in [0.717, 1.165) is 11.5 Å². The number of nitrogens with zero attached hydrogens (tertiary/aromatic N) is 1. The third-order valence-electron chi connectivity index (χ3n) is 2.82. The summed E-state index contributed by atoms with van der Waals surface area (Å²) in [6.45, 7) is 5.14. The highest BCUT2D eigenvalue weighted by Gasteiger charge is 2.09. The fraction of sp³-hybridized carbons (Fsp3) is 0.267. The minimum Gasteiger partial charge on any atom is -0.437 e. The summed E-state index contributed by atoms with van der Waals surface area (Å²) in [5.41, 5.74) is 2.18. The molecule has 0 fully saturated rings. The maximum atomic E-state index is 11.9. The molecule has 1 aromatic heterocycles. The van der Waals surface area contributed by atoms with Gasteiger partial charge in [0.25, 0.3) is 5.22 Å². The van der Waals surface area contributed by atoms with Crippen molar-refractivity contribution >= 4 is 35.0 Å². The van der Waals surface area contributed by atoms with Gasteiger partial charge in [-0.25, -0.2) is 4.98 Å². The Hall–Kier alpha value is -2.28. The number of nitrogens with one attached hydrogen (secondary N) is 2. The summed E-state index contributed by atoms with van der Waals surface area (Å²) in [4.78, 5) is 27.0. The Balaban J connectivity index is 1.85. The number of carbonyl (C=O) groups excluding carboxylic acids is 2. The SMILES string of the molecule is CC(=O)Nc1ccc(NC(=O)CSc2nc(C)c(C)o2)cc1. The highest BCUT2D eigenvalue weighted by atomic mass is 32.2. The summed E-state index contributed by atoms with van der Waals surface area (Å²) in [5, 5.41) is 5.93. The normalized spacial score (nSPS) is 10.3. The van der Waals surface area contributed by atoms with Crippen LogP contribution in [0.1, 0.15) is 18.4 Å². The number of hydrogen-bond donors (Lipinski definition) is 2. The molecule has 0 aliphatic heterocycles. The quantitative estimate of drug-likeness (QED) is 0.828. The molecule has 2 N–H and O–H groups in total. The number of amides is 2. The topological polar surface area (TPSA) is 84.2 Å². The predicted molar refractivity (Wildman–Crippen MR) is 86.1 cm³/mol. The molecule has 1 aromatic carbocycles. The van der Waals surface area contributed by atoms with Crippen LogP contribution in [0.5, 0.6) is 0 Å². The maximum absolute atomic E-state index is 11.9. The highest BCUT2D eigenvalue weighted by molar-refractivity contribution is 7.99. The van der Waals surface area contributed by atoms with E-state index in [-0.39, 0.29) is 17.6 Å². The van der Waals surface area contributed by atoms with Crippen LogP contribution in [0.15, 0.2) is 33.9 Å².